The average molecular weight is 223 g/mol. The van der Waals surface area contributed by atoms with Crippen LogP contribution in [0.3, 0.4) is 0 Å². The minimum atomic E-state index is 0.248. The second kappa shape index (κ2) is 6.04. The zero-order valence-corrected chi connectivity index (χ0v) is 11.0. The summed E-state index contributed by atoms with van der Waals surface area (Å²) < 4.78 is 1.99. The minimum Gasteiger partial charge on any atom is -0.309 e. The number of hydrogen-bond donors (Lipinski definition) is 1. The van der Waals surface area contributed by atoms with Gasteiger partial charge in [-0.2, -0.15) is 5.10 Å². The SMILES string of the molecule is CCCC(C)(C)NC(C)CCn1cccn1. The van der Waals surface area contributed by atoms with E-state index in [-0.39, 0.29) is 5.54 Å². The summed E-state index contributed by atoms with van der Waals surface area (Å²) in [7, 11) is 0. The first-order chi connectivity index (χ1) is 7.53. The van der Waals surface area contributed by atoms with Gasteiger partial charge in [-0.15, -0.1) is 0 Å². The number of aryl methyl sites for hydroxylation is 1. The van der Waals surface area contributed by atoms with E-state index in [9.17, 15) is 0 Å². The molecule has 0 radical (unpaired) electrons. The summed E-state index contributed by atoms with van der Waals surface area (Å²) in [4.78, 5) is 0. The molecule has 1 aromatic rings. The summed E-state index contributed by atoms with van der Waals surface area (Å²) in [6, 6.07) is 2.50. The zero-order chi connectivity index (χ0) is 12.0. The lowest BCUT2D eigenvalue weighted by molar-refractivity contribution is 0.304. The molecule has 0 aromatic carbocycles. The van der Waals surface area contributed by atoms with Crippen molar-refractivity contribution in [2.24, 2.45) is 0 Å². The third kappa shape index (κ3) is 4.79. The lowest BCUT2D eigenvalue weighted by Crippen LogP contribution is -2.44. The van der Waals surface area contributed by atoms with Gasteiger partial charge in [0.25, 0.3) is 0 Å². The van der Waals surface area contributed by atoms with E-state index in [0.29, 0.717) is 6.04 Å². The smallest absolute Gasteiger partial charge is 0.0489 e. The topological polar surface area (TPSA) is 29.9 Å². The summed E-state index contributed by atoms with van der Waals surface area (Å²) in [5.41, 5.74) is 0.248. The third-order valence-electron chi connectivity index (χ3n) is 2.86. The molecular formula is C13H25N3. The number of nitrogens with zero attached hydrogens (tertiary/aromatic N) is 2. The predicted molar refractivity (Wildman–Crippen MR) is 68.4 cm³/mol. The molecule has 16 heavy (non-hydrogen) atoms. The van der Waals surface area contributed by atoms with E-state index in [2.05, 4.69) is 38.1 Å². The Labute approximate surface area is 99.2 Å². The van der Waals surface area contributed by atoms with Gasteiger partial charge in [0.2, 0.25) is 0 Å². The Kier molecular flexibility index (Phi) is 5.00. The van der Waals surface area contributed by atoms with Gasteiger partial charge in [-0.25, -0.2) is 0 Å². The zero-order valence-electron chi connectivity index (χ0n) is 11.0. The predicted octanol–water partition coefficient (Wildman–Crippen LogP) is 2.83. The van der Waals surface area contributed by atoms with Crippen molar-refractivity contribution in [3.63, 3.8) is 0 Å². The molecule has 1 N–H and O–H groups in total. The van der Waals surface area contributed by atoms with Gasteiger partial charge in [0.1, 0.15) is 0 Å². The van der Waals surface area contributed by atoms with Crippen molar-refractivity contribution in [2.75, 3.05) is 0 Å². The van der Waals surface area contributed by atoms with Crippen LogP contribution in [0, 0.1) is 0 Å². The molecule has 92 valence electrons. The Balaban J connectivity index is 2.27. The molecule has 0 amide bonds. The molecule has 0 aliphatic rings. The molecule has 0 aliphatic heterocycles. The molecule has 0 saturated heterocycles. The van der Waals surface area contributed by atoms with E-state index in [1.165, 1.54) is 12.8 Å². The van der Waals surface area contributed by atoms with E-state index in [0.717, 1.165) is 13.0 Å². The summed E-state index contributed by atoms with van der Waals surface area (Å²) in [6.45, 7) is 10.0. The average Bonchev–Trinajstić information content (AvgIpc) is 2.66. The maximum Gasteiger partial charge on any atom is 0.0489 e. The largest absolute Gasteiger partial charge is 0.309 e. The summed E-state index contributed by atoms with van der Waals surface area (Å²) in [6.07, 6.45) is 7.42. The van der Waals surface area contributed by atoms with Gasteiger partial charge >= 0.3 is 0 Å². The van der Waals surface area contributed by atoms with Gasteiger partial charge in [-0.05, 0) is 39.7 Å². The third-order valence-corrected chi connectivity index (χ3v) is 2.86. The molecule has 0 aliphatic carbocycles. The Morgan fingerprint density at radius 2 is 2.19 bits per heavy atom. The Morgan fingerprint density at radius 3 is 2.75 bits per heavy atom. The summed E-state index contributed by atoms with van der Waals surface area (Å²) in [5.74, 6) is 0. The van der Waals surface area contributed by atoms with Crippen LogP contribution < -0.4 is 5.32 Å². The minimum absolute atomic E-state index is 0.248. The van der Waals surface area contributed by atoms with Gasteiger partial charge in [-0.1, -0.05) is 13.3 Å². The molecule has 3 heteroatoms. The van der Waals surface area contributed by atoms with Crippen LogP contribution in [0.1, 0.15) is 47.0 Å². The van der Waals surface area contributed by atoms with Gasteiger partial charge in [0, 0.05) is 30.5 Å². The summed E-state index contributed by atoms with van der Waals surface area (Å²) in [5, 5.41) is 7.89. The molecule has 0 bridgehead atoms. The first kappa shape index (κ1) is 13.2. The van der Waals surface area contributed by atoms with Crippen LogP contribution in [0.4, 0.5) is 0 Å². The highest BCUT2D eigenvalue weighted by Crippen LogP contribution is 2.12. The van der Waals surface area contributed by atoms with E-state index >= 15 is 0 Å². The monoisotopic (exact) mass is 223 g/mol. The van der Waals surface area contributed by atoms with E-state index < -0.39 is 0 Å². The van der Waals surface area contributed by atoms with Crippen molar-refractivity contribution >= 4 is 0 Å². The molecule has 3 nitrogen and oxygen atoms in total. The lowest BCUT2D eigenvalue weighted by Gasteiger charge is -2.30. The van der Waals surface area contributed by atoms with Crippen LogP contribution >= 0.6 is 0 Å². The lowest BCUT2D eigenvalue weighted by atomic mass is 9.97. The van der Waals surface area contributed by atoms with Crippen molar-refractivity contribution in [3.05, 3.63) is 18.5 Å². The second-order valence-corrected chi connectivity index (χ2v) is 5.24. The van der Waals surface area contributed by atoms with Crippen LogP contribution in [0.2, 0.25) is 0 Å². The van der Waals surface area contributed by atoms with Crippen LogP contribution in [-0.2, 0) is 6.54 Å². The quantitative estimate of drug-likeness (QED) is 0.770. The highest BCUT2D eigenvalue weighted by atomic mass is 15.3. The van der Waals surface area contributed by atoms with Crippen LogP contribution in [0.5, 0.6) is 0 Å². The molecule has 1 atom stereocenters. The van der Waals surface area contributed by atoms with Crippen LogP contribution in [0.25, 0.3) is 0 Å². The Hall–Kier alpha value is -0.830. The van der Waals surface area contributed by atoms with E-state index in [1.54, 1.807) is 0 Å². The number of nitrogens with one attached hydrogen (secondary N) is 1. The van der Waals surface area contributed by atoms with Crippen molar-refractivity contribution in [1.82, 2.24) is 15.1 Å². The normalized spacial score (nSPS) is 14.0. The second-order valence-electron chi connectivity index (χ2n) is 5.24. The highest BCUT2D eigenvalue weighted by Gasteiger charge is 2.18. The highest BCUT2D eigenvalue weighted by molar-refractivity contribution is 4.81. The fourth-order valence-corrected chi connectivity index (χ4v) is 2.20. The van der Waals surface area contributed by atoms with Crippen molar-refractivity contribution in [3.8, 4) is 0 Å². The molecule has 0 fully saturated rings. The number of aromatic nitrogens is 2. The molecule has 1 unspecified atom stereocenters. The van der Waals surface area contributed by atoms with Crippen molar-refractivity contribution in [2.45, 2.75) is 65.1 Å². The molecule has 1 heterocycles. The van der Waals surface area contributed by atoms with E-state index in [4.69, 9.17) is 0 Å². The summed E-state index contributed by atoms with van der Waals surface area (Å²) >= 11 is 0. The van der Waals surface area contributed by atoms with Crippen molar-refractivity contribution < 1.29 is 0 Å². The maximum absolute atomic E-state index is 4.21. The Bertz CT molecular complexity index is 277. The number of hydrogen-bond acceptors (Lipinski definition) is 2. The van der Waals surface area contributed by atoms with Gasteiger partial charge in [0.05, 0.1) is 0 Å². The van der Waals surface area contributed by atoms with Crippen LogP contribution in [-0.4, -0.2) is 21.4 Å². The van der Waals surface area contributed by atoms with E-state index in [1.807, 2.05) is 23.1 Å². The first-order valence-corrected chi connectivity index (χ1v) is 6.28. The van der Waals surface area contributed by atoms with Gasteiger partial charge in [-0.3, -0.25) is 4.68 Å². The molecule has 0 saturated carbocycles. The van der Waals surface area contributed by atoms with Crippen LogP contribution in [0.15, 0.2) is 18.5 Å². The number of rotatable bonds is 7. The first-order valence-electron chi connectivity index (χ1n) is 6.28. The molecule has 0 spiro atoms. The standard InChI is InChI=1S/C13H25N3/c1-5-8-13(3,4)15-12(2)7-11-16-10-6-9-14-16/h6,9-10,12,15H,5,7-8,11H2,1-4H3. The molecule has 1 aromatic heterocycles. The fraction of sp³-hybridized carbons (Fsp3) is 0.769. The maximum atomic E-state index is 4.21. The molecular weight excluding hydrogens is 198 g/mol. The Morgan fingerprint density at radius 1 is 1.44 bits per heavy atom. The van der Waals surface area contributed by atoms with Gasteiger partial charge in [0.15, 0.2) is 0 Å². The molecule has 1 rings (SSSR count). The van der Waals surface area contributed by atoms with Gasteiger partial charge < -0.3 is 5.32 Å². The fourth-order valence-electron chi connectivity index (χ4n) is 2.20. The van der Waals surface area contributed by atoms with Crippen molar-refractivity contribution in [1.29, 1.82) is 0 Å².